The largest absolute Gasteiger partial charge is 0.464 e. The summed E-state index contributed by atoms with van der Waals surface area (Å²) in [5.74, 6) is 0.0972. The first-order valence-electron chi connectivity index (χ1n) is 4.12. The van der Waals surface area contributed by atoms with Gasteiger partial charge in [0.2, 0.25) is 0 Å². The summed E-state index contributed by atoms with van der Waals surface area (Å²) in [6.07, 6.45) is 0. The van der Waals surface area contributed by atoms with Crippen molar-refractivity contribution in [3.63, 3.8) is 0 Å². The molecule has 0 unspecified atom stereocenters. The Balaban J connectivity index is 2.52. The second-order valence-electron chi connectivity index (χ2n) is 2.74. The van der Waals surface area contributed by atoms with Gasteiger partial charge in [0.05, 0.1) is 7.11 Å². The van der Waals surface area contributed by atoms with E-state index in [4.69, 9.17) is 4.42 Å². The highest BCUT2D eigenvalue weighted by atomic mass is 79.9. The van der Waals surface area contributed by atoms with E-state index in [9.17, 15) is 4.79 Å². The predicted octanol–water partition coefficient (Wildman–Crippen LogP) is 3.71. The summed E-state index contributed by atoms with van der Waals surface area (Å²) in [7, 11) is 1.32. The Morgan fingerprint density at radius 3 is 2.81 bits per heavy atom. The molecule has 0 saturated heterocycles. The number of thiazole rings is 1. The van der Waals surface area contributed by atoms with Crippen LogP contribution in [0.4, 0.5) is 0 Å². The second-order valence-corrected chi connectivity index (χ2v) is 5.80. The summed E-state index contributed by atoms with van der Waals surface area (Å²) >= 11 is 7.75. The Hall–Kier alpha value is -0.660. The fraction of sp³-hybridized carbons (Fsp3) is 0.111. The SMILES string of the molecule is COC(=O)c1nc(Br)sc1-c1ccc(Br)o1. The van der Waals surface area contributed by atoms with Crippen molar-refractivity contribution < 1.29 is 13.9 Å². The van der Waals surface area contributed by atoms with Gasteiger partial charge >= 0.3 is 5.97 Å². The number of ether oxygens (including phenoxy) is 1. The van der Waals surface area contributed by atoms with Crippen LogP contribution in [0.1, 0.15) is 10.5 Å². The number of nitrogens with zero attached hydrogens (tertiary/aromatic N) is 1. The molecule has 0 radical (unpaired) electrons. The Morgan fingerprint density at radius 1 is 1.50 bits per heavy atom. The quantitative estimate of drug-likeness (QED) is 0.760. The van der Waals surface area contributed by atoms with Gasteiger partial charge in [-0.2, -0.15) is 0 Å². The molecule has 16 heavy (non-hydrogen) atoms. The maximum Gasteiger partial charge on any atom is 0.358 e. The predicted molar refractivity (Wildman–Crippen MR) is 66.6 cm³/mol. The Morgan fingerprint density at radius 2 is 2.25 bits per heavy atom. The third kappa shape index (κ3) is 2.21. The van der Waals surface area contributed by atoms with Crippen molar-refractivity contribution in [2.75, 3.05) is 7.11 Å². The molecule has 7 heteroatoms. The Labute approximate surface area is 112 Å². The van der Waals surface area contributed by atoms with Crippen LogP contribution in [-0.4, -0.2) is 18.1 Å². The first kappa shape index (κ1) is 11.8. The zero-order valence-corrected chi connectivity index (χ0v) is 12.0. The van der Waals surface area contributed by atoms with E-state index < -0.39 is 5.97 Å². The van der Waals surface area contributed by atoms with Gasteiger partial charge in [-0.1, -0.05) is 0 Å². The van der Waals surface area contributed by atoms with Crippen molar-refractivity contribution in [1.29, 1.82) is 0 Å². The number of hydrogen-bond donors (Lipinski definition) is 0. The lowest BCUT2D eigenvalue weighted by Gasteiger charge is -1.96. The van der Waals surface area contributed by atoms with Crippen molar-refractivity contribution in [3.05, 3.63) is 26.4 Å². The summed E-state index contributed by atoms with van der Waals surface area (Å²) in [4.78, 5) is 16.2. The van der Waals surface area contributed by atoms with E-state index in [-0.39, 0.29) is 5.69 Å². The normalized spacial score (nSPS) is 10.4. The highest BCUT2D eigenvalue weighted by Gasteiger charge is 2.21. The van der Waals surface area contributed by atoms with Gasteiger partial charge < -0.3 is 9.15 Å². The summed E-state index contributed by atoms with van der Waals surface area (Å²) in [6, 6.07) is 3.51. The monoisotopic (exact) mass is 365 g/mol. The molecule has 2 aromatic rings. The first-order valence-corrected chi connectivity index (χ1v) is 6.52. The summed E-state index contributed by atoms with van der Waals surface area (Å²) in [5.41, 5.74) is 0.251. The highest BCUT2D eigenvalue weighted by molar-refractivity contribution is 9.11. The molecule has 2 rings (SSSR count). The molecule has 0 N–H and O–H groups in total. The topological polar surface area (TPSA) is 52.3 Å². The zero-order chi connectivity index (χ0) is 11.7. The van der Waals surface area contributed by atoms with Crippen LogP contribution in [0.2, 0.25) is 0 Å². The zero-order valence-electron chi connectivity index (χ0n) is 7.99. The number of halogens is 2. The molecule has 0 aromatic carbocycles. The first-order chi connectivity index (χ1) is 7.61. The molecule has 0 spiro atoms. The van der Waals surface area contributed by atoms with Crippen LogP contribution in [-0.2, 0) is 4.74 Å². The number of methoxy groups -OCH3 is 1. The van der Waals surface area contributed by atoms with Gasteiger partial charge in [-0.05, 0) is 44.0 Å². The van der Waals surface area contributed by atoms with Crippen molar-refractivity contribution >= 4 is 49.2 Å². The molecule has 0 aliphatic heterocycles. The highest BCUT2D eigenvalue weighted by Crippen LogP contribution is 2.35. The lowest BCUT2D eigenvalue weighted by atomic mass is 10.3. The lowest BCUT2D eigenvalue weighted by molar-refractivity contribution is 0.0595. The molecule has 0 atom stereocenters. The summed E-state index contributed by atoms with van der Waals surface area (Å²) < 4.78 is 11.2. The molecule has 0 aliphatic rings. The average molecular weight is 367 g/mol. The van der Waals surface area contributed by atoms with Crippen LogP contribution in [0.25, 0.3) is 10.6 Å². The number of furan rings is 1. The van der Waals surface area contributed by atoms with Crippen LogP contribution < -0.4 is 0 Å². The third-order valence-corrected chi connectivity index (χ3v) is 3.72. The van der Waals surface area contributed by atoms with Crippen LogP contribution in [0.3, 0.4) is 0 Å². The number of rotatable bonds is 2. The molecule has 0 aliphatic carbocycles. The molecule has 2 heterocycles. The molecule has 0 fully saturated rings. The molecule has 0 amide bonds. The molecule has 2 aromatic heterocycles. The van der Waals surface area contributed by atoms with E-state index in [0.717, 1.165) is 0 Å². The van der Waals surface area contributed by atoms with Crippen molar-refractivity contribution in [3.8, 4) is 10.6 Å². The molecule has 4 nitrogen and oxygen atoms in total. The van der Waals surface area contributed by atoms with Crippen molar-refractivity contribution in [2.45, 2.75) is 0 Å². The van der Waals surface area contributed by atoms with Crippen LogP contribution in [0.5, 0.6) is 0 Å². The lowest BCUT2D eigenvalue weighted by Crippen LogP contribution is -2.02. The third-order valence-electron chi connectivity index (χ3n) is 1.78. The minimum atomic E-state index is -0.482. The maximum absolute atomic E-state index is 11.5. The number of aromatic nitrogens is 1. The van der Waals surface area contributed by atoms with Crippen LogP contribution >= 0.6 is 43.2 Å². The molecular weight excluding hydrogens is 362 g/mol. The molecule has 84 valence electrons. The fourth-order valence-corrected chi connectivity index (χ4v) is 2.84. The van der Waals surface area contributed by atoms with Crippen molar-refractivity contribution in [2.24, 2.45) is 0 Å². The summed E-state index contributed by atoms with van der Waals surface area (Å²) in [5, 5.41) is 0. The minimum Gasteiger partial charge on any atom is -0.464 e. The van der Waals surface area contributed by atoms with Gasteiger partial charge in [0.1, 0.15) is 10.6 Å². The molecule has 0 bridgehead atoms. The van der Waals surface area contributed by atoms with Gasteiger partial charge in [-0.3, -0.25) is 0 Å². The molecular formula is C9H5Br2NO3S. The smallest absolute Gasteiger partial charge is 0.358 e. The van der Waals surface area contributed by atoms with E-state index in [2.05, 4.69) is 41.6 Å². The van der Waals surface area contributed by atoms with E-state index >= 15 is 0 Å². The number of hydrogen-bond acceptors (Lipinski definition) is 5. The van der Waals surface area contributed by atoms with Gasteiger partial charge in [0, 0.05) is 0 Å². The number of carbonyl (C=O) groups excluding carboxylic acids is 1. The van der Waals surface area contributed by atoms with E-state index in [1.54, 1.807) is 12.1 Å². The fourth-order valence-electron chi connectivity index (χ4n) is 1.13. The number of carbonyl (C=O) groups is 1. The second kappa shape index (κ2) is 4.68. The van der Waals surface area contributed by atoms with Gasteiger partial charge in [-0.15, -0.1) is 11.3 Å². The Kier molecular flexibility index (Phi) is 3.46. The summed E-state index contributed by atoms with van der Waals surface area (Å²) in [6.45, 7) is 0. The van der Waals surface area contributed by atoms with Crippen molar-refractivity contribution in [1.82, 2.24) is 4.98 Å². The maximum atomic E-state index is 11.5. The van der Waals surface area contributed by atoms with E-state index in [1.807, 2.05) is 0 Å². The van der Waals surface area contributed by atoms with E-state index in [1.165, 1.54) is 18.4 Å². The average Bonchev–Trinajstić information content (AvgIpc) is 2.83. The standard InChI is InChI=1S/C9H5Br2NO3S/c1-14-8(13)6-7(16-9(11)12-6)4-2-3-5(10)15-4/h2-3H,1H3. The minimum absolute atomic E-state index is 0.251. The molecule has 0 saturated carbocycles. The van der Waals surface area contributed by atoms with Crippen LogP contribution in [0.15, 0.2) is 25.1 Å². The van der Waals surface area contributed by atoms with E-state index in [0.29, 0.717) is 19.2 Å². The van der Waals surface area contributed by atoms with Gasteiger partial charge in [0.25, 0.3) is 0 Å². The van der Waals surface area contributed by atoms with Gasteiger partial charge in [0.15, 0.2) is 14.3 Å². The van der Waals surface area contributed by atoms with Crippen LogP contribution in [0, 0.1) is 0 Å². The Bertz CT molecular complexity index is 535. The van der Waals surface area contributed by atoms with Gasteiger partial charge in [-0.25, -0.2) is 9.78 Å². The number of esters is 1.